The first kappa shape index (κ1) is 13.1. The van der Waals surface area contributed by atoms with E-state index in [9.17, 15) is 0 Å². The lowest BCUT2D eigenvalue weighted by Gasteiger charge is -2.29. The first-order chi connectivity index (χ1) is 9.76. The second-order valence-electron chi connectivity index (χ2n) is 4.94. The molecule has 2 aromatic heterocycles. The number of aromatic amines is 1. The van der Waals surface area contributed by atoms with Crippen molar-refractivity contribution < 1.29 is 9.26 Å². The van der Waals surface area contributed by atoms with Gasteiger partial charge in [0.05, 0.1) is 0 Å². The molecule has 1 aliphatic rings. The molecule has 0 radical (unpaired) electrons. The number of methoxy groups -OCH3 is 1. The quantitative estimate of drug-likeness (QED) is 0.840. The molecule has 3 N–H and O–H groups in total. The molecule has 1 atom stereocenters. The van der Waals surface area contributed by atoms with Gasteiger partial charge in [0.25, 0.3) is 0 Å². The van der Waals surface area contributed by atoms with Gasteiger partial charge in [-0.05, 0) is 12.8 Å². The predicted molar refractivity (Wildman–Crippen MR) is 72.0 cm³/mol. The van der Waals surface area contributed by atoms with Crippen LogP contribution < -0.4 is 10.6 Å². The summed E-state index contributed by atoms with van der Waals surface area (Å²) in [5.41, 5.74) is 6.59. The summed E-state index contributed by atoms with van der Waals surface area (Å²) in [6.45, 7) is 2.10. The Morgan fingerprint density at radius 2 is 2.50 bits per heavy atom. The van der Waals surface area contributed by atoms with Crippen LogP contribution >= 0.6 is 0 Å². The van der Waals surface area contributed by atoms with E-state index in [2.05, 4.69) is 25.2 Å². The van der Waals surface area contributed by atoms with E-state index in [4.69, 9.17) is 15.0 Å². The van der Waals surface area contributed by atoms with Crippen LogP contribution in [0.1, 0.15) is 18.6 Å². The molecule has 2 aromatic rings. The van der Waals surface area contributed by atoms with Crippen molar-refractivity contribution in [3.63, 3.8) is 0 Å². The van der Waals surface area contributed by atoms with Crippen LogP contribution in [-0.2, 0) is 11.3 Å². The summed E-state index contributed by atoms with van der Waals surface area (Å²) in [5.74, 6) is 1.90. The van der Waals surface area contributed by atoms with Crippen molar-refractivity contribution >= 4 is 5.95 Å². The van der Waals surface area contributed by atoms with Crippen molar-refractivity contribution in [1.82, 2.24) is 20.3 Å². The topological polar surface area (TPSA) is 106 Å². The number of aromatic nitrogens is 4. The first-order valence-corrected chi connectivity index (χ1v) is 6.64. The van der Waals surface area contributed by atoms with Gasteiger partial charge in [0.15, 0.2) is 17.3 Å². The van der Waals surface area contributed by atoms with Crippen molar-refractivity contribution in [3.05, 3.63) is 11.8 Å². The Morgan fingerprint density at radius 3 is 3.30 bits per heavy atom. The molecule has 1 saturated heterocycles. The fourth-order valence-corrected chi connectivity index (χ4v) is 2.34. The van der Waals surface area contributed by atoms with Crippen molar-refractivity contribution in [3.8, 4) is 11.5 Å². The molecule has 8 nitrogen and oxygen atoms in total. The Hall–Kier alpha value is -1.93. The van der Waals surface area contributed by atoms with Crippen LogP contribution in [0.2, 0.25) is 0 Å². The summed E-state index contributed by atoms with van der Waals surface area (Å²) in [7, 11) is 1.61. The Kier molecular flexibility index (Phi) is 3.66. The SMILES string of the molecule is COCc1cc(-c2nc(N3CCCC(N)C3)n[nH]2)no1. The lowest BCUT2D eigenvalue weighted by Crippen LogP contribution is -2.43. The van der Waals surface area contributed by atoms with E-state index in [1.54, 1.807) is 13.2 Å². The van der Waals surface area contributed by atoms with E-state index in [1.807, 2.05) is 0 Å². The molecule has 108 valence electrons. The predicted octanol–water partition coefficient (Wildman–Crippen LogP) is 0.534. The van der Waals surface area contributed by atoms with Crippen LogP contribution in [0.5, 0.6) is 0 Å². The Balaban J connectivity index is 1.75. The minimum absolute atomic E-state index is 0.186. The summed E-state index contributed by atoms with van der Waals surface area (Å²) in [5, 5.41) is 11.1. The molecule has 0 saturated carbocycles. The number of nitrogens with zero attached hydrogens (tertiary/aromatic N) is 4. The van der Waals surface area contributed by atoms with E-state index in [0.29, 0.717) is 29.8 Å². The molecule has 1 unspecified atom stereocenters. The summed E-state index contributed by atoms with van der Waals surface area (Å²) in [4.78, 5) is 6.54. The van der Waals surface area contributed by atoms with Crippen molar-refractivity contribution in [2.45, 2.75) is 25.5 Å². The smallest absolute Gasteiger partial charge is 0.245 e. The molecular formula is C12H18N6O2. The fourth-order valence-electron chi connectivity index (χ4n) is 2.34. The number of nitrogens with two attached hydrogens (primary N) is 1. The summed E-state index contributed by atoms with van der Waals surface area (Å²) in [6, 6.07) is 1.97. The van der Waals surface area contributed by atoms with Gasteiger partial charge in [-0.25, -0.2) is 0 Å². The maximum Gasteiger partial charge on any atom is 0.245 e. The molecule has 3 heterocycles. The fraction of sp³-hybridized carbons (Fsp3) is 0.583. The molecule has 1 aliphatic heterocycles. The van der Waals surface area contributed by atoms with E-state index < -0.39 is 0 Å². The van der Waals surface area contributed by atoms with Crippen molar-refractivity contribution in [2.75, 3.05) is 25.1 Å². The molecular weight excluding hydrogens is 260 g/mol. The Labute approximate surface area is 116 Å². The van der Waals surface area contributed by atoms with Crippen LogP contribution in [0.4, 0.5) is 5.95 Å². The van der Waals surface area contributed by atoms with Crippen LogP contribution in [0, 0.1) is 0 Å². The standard InChI is InChI=1S/C12H18N6O2/c1-19-7-9-5-10(17-20-9)11-14-12(16-15-11)18-4-2-3-8(13)6-18/h5,8H,2-4,6-7,13H2,1H3,(H,14,15,16). The second kappa shape index (κ2) is 5.59. The third-order valence-electron chi connectivity index (χ3n) is 3.30. The maximum atomic E-state index is 5.97. The number of nitrogens with one attached hydrogen (secondary N) is 1. The monoisotopic (exact) mass is 278 g/mol. The Bertz CT molecular complexity index is 566. The third kappa shape index (κ3) is 2.66. The minimum Gasteiger partial charge on any atom is -0.377 e. The number of anilines is 1. The zero-order chi connectivity index (χ0) is 13.9. The Morgan fingerprint density at radius 1 is 1.60 bits per heavy atom. The van der Waals surface area contributed by atoms with Gasteiger partial charge in [0.2, 0.25) is 5.95 Å². The van der Waals surface area contributed by atoms with Crippen LogP contribution in [-0.4, -0.2) is 46.6 Å². The molecule has 20 heavy (non-hydrogen) atoms. The molecule has 8 heteroatoms. The van der Waals surface area contributed by atoms with E-state index in [0.717, 1.165) is 25.9 Å². The van der Waals surface area contributed by atoms with Gasteiger partial charge in [0, 0.05) is 32.3 Å². The molecule has 1 fully saturated rings. The zero-order valence-corrected chi connectivity index (χ0v) is 11.4. The van der Waals surface area contributed by atoms with E-state index in [-0.39, 0.29) is 6.04 Å². The third-order valence-corrected chi connectivity index (χ3v) is 3.30. The maximum absolute atomic E-state index is 5.97. The minimum atomic E-state index is 0.186. The number of ether oxygens (including phenoxy) is 1. The molecule has 0 amide bonds. The largest absolute Gasteiger partial charge is 0.377 e. The normalized spacial score (nSPS) is 19.5. The lowest BCUT2D eigenvalue weighted by molar-refractivity contribution is 0.156. The molecule has 0 bridgehead atoms. The van der Waals surface area contributed by atoms with Gasteiger partial charge in [-0.2, -0.15) is 4.98 Å². The van der Waals surface area contributed by atoms with Crippen LogP contribution in [0.25, 0.3) is 11.5 Å². The van der Waals surface area contributed by atoms with Crippen LogP contribution in [0.3, 0.4) is 0 Å². The van der Waals surface area contributed by atoms with E-state index in [1.165, 1.54) is 0 Å². The number of H-pyrrole nitrogens is 1. The first-order valence-electron chi connectivity index (χ1n) is 6.64. The summed E-state index contributed by atoms with van der Waals surface area (Å²) >= 11 is 0. The van der Waals surface area contributed by atoms with E-state index >= 15 is 0 Å². The molecule has 0 spiro atoms. The zero-order valence-electron chi connectivity index (χ0n) is 11.4. The highest BCUT2D eigenvalue weighted by Gasteiger charge is 2.21. The van der Waals surface area contributed by atoms with Gasteiger partial charge in [-0.1, -0.05) is 5.16 Å². The van der Waals surface area contributed by atoms with Gasteiger partial charge >= 0.3 is 0 Å². The van der Waals surface area contributed by atoms with Crippen molar-refractivity contribution in [2.24, 2.45) is 5.73 Å². The molecule has 3 rings (SSSR count). The number of rotatable bonds is 4. The summed E-state index contributed by atoms with van der Waals surface area (Å²) in [6.07, 6.45) is 2.12. The number of hydrogen-bond donors (Lipinski definition) is 2. The number of hydrogen-bond acceptors (Lipinski definition) is 7. The highest BCUT2D eigenvalue weighted by Crippen LogP contribution is 2.20. The number of piperidine rings is 1. The van der Waals surface area contributed by atoms with Gasteiger partial charge < -0.3 is 19.9 Å². The van der Waals surface area contributed by atoms with Gasteiger partial charge in [-0.15, -0.1) is 5.10 Å². The second-order valence-corrected chi connectivity index (χ2v) is 4.94. The van der Waals surface area contributed by atoms with Gasteiger partial charge in [-0.3, -0.25) is 5.10 Å². The average Bonchev–Trinajstić information content (AvgIpc) is 3.07. The van der Waals surface area contributed by atoms with Crippen molar-refractivity contribution in [1.29, 1.82) is 0 Å². The highest BCUT2D eigenvalue weighted by atomic mass is 16.5. The molecule has 0 aliphatic carbocycles. The lowest BCUT2D eigenvalue weighted by atomic mass is 10.1. The summed E-state index contributed by atoms with van der Waals surface area (Å²) < 4.78 is 10.1. The van der Waals surface area contributed by atoms with Gasteiger partial charge in [0.1, 0.15) is 6.61 Å². The average molecular weight is 278 g/mol. The van der Waals surface area contributed by atoms with Crippen LogP contribution in [0.15, 0.2) is 10.6 Å². The molecule has 0 aromatic carbocycles. The highest BCUT2D eigenvalue weighted by molar-refractivity contribution is 5.51.